The minimum Gasteiger partial charge on any atom is -0.497 e. The Kier molecular flexibility index (Phi) is 7.09. The van der Waals surface area contributed by atoms with Gasteiger partial charge in [0.25, 0.3) is 11.5 Å². The second-order valence-corrected chi connectivity index (χ2v) is 10.7. The van der Waals surface area contributed by atoms with Gasteiger partial charge in [-0.1, -0.05) is 41.7 Å². The van der Waals surface area contributed by atoms with Gasteiger partial charge in [-0.05, 0) is 52.7 Å². The van der Waals surface area contributed by atoms with Crippen LogP contribution in [0.5, 0.6) is 5.75 Å². The first kappa shape index (κ1) is 25.7. The molecule has 3 heterocycles. The smallest absolute Gasteiger partial charge is 0.271 e. The maximum absolute atomic E-state index is 13.8. The number of amides is 1. The molecule has 2 aromatic carbocycles. The fraction of sp³-hybridized carbons (Fsp3) is 0.179. The van der Waals surface area contributed by atoms with E-state index in [1.165, 1.54) is 11.3 Å². The van der Waals surface area contributed by atoms with Gasteiger partial charge in [0, 0.05) is 31.9 Å². The summed E-state index contributed by atoms with van der Waals surface area (Å²) in [6.45, 7) is 1.79. The maximum Gasteiger partial charge on any atom is 0.271 e. The van der Waals surface area contributed by atoms with Crippen LogP contribution in [0.25, 0.3) is 6.08 Å². The molecule has 5 rings (SSSR count). The summed E-state index contributed by atoms with van der Waals surface area (Å²) in [5, 5.41) is 2.95. The molecule has 0 aliphatic carbocycles. The Hall–Kier alpha value is -3.89. The number of rotatable bonds is 6. The highest BCUT2D eigenvalue weighted by atomic mass is 79.9. The van der Waals surface area contributed by atoms with E-state index in [1.807, 2.05) is 79.7 Å². The molecule has 1 aliphatic rings. The first-order chi connectivity index (χ1) is 18.3. The minimum atomic E-state index is -0.701. The number of carbonyl (C=O) groups excluding carboxylic acids is 1. The van der Waals surface area contributed by atoms with Gasteiger partial charge in [-0.3, -0.25) is 14.2 Å². The van der Waals surface area contributed by atoms with E-state index in [9.17, 15) is 9.59 Å². The topological polar surface area (TPSA) is 89.1 Å². The number of aromatic nitrogens is 1. The number of hydrogen-bond donors (Lipinski definition) is 1. The molecule has 8 nitrogen and oxygen atoms in total. The van der Waals surface area contributed by atoms with E-state index in [1.54, 1.807) is 24.7 Å². The standard InChI is InChI=1S/C28H25BrN4O4S/c1-16-23(25(34)31-18-10-6-5-7-11-18)24(17-9-8-12-19(13-17)36-4)33-26(35)22(38-28(33)30-16)15-20-14-21(29)27(37-20)32(2)3/h5-15,24H,1-4H3,(H,31,34)/b22-15+/t24-/m0/s1. The Morgan fingerprint density at radius 1 is 1.18 bits per heavy atom. The van der Waals surface area contributed by atoms with Crippen LogP contribution in [-0.2, 0) is 4.79 Å². The number of carbonyl (C=O) groups is 1. The van der Waals surface area contributed by atoms with Gasteiger partial charge in [0.2, 0.25) is 5.88 Å². The van der Waals surface area contributed by atoms with E-state index in [0.29, 0.717) is 43.7 Å². The number of anilines is 2. The molecule has 10 heteroatoms. The van der Waals surface area contributed by atoms with Crippen molar-refractivity contribution >= 4 is 50.8 Å². The lowest BCUT2D eigenvalue weighted by atomic mass is 9.95. The summed E-state index contributed by atoms with van der Waals surface area (Å²) in [6.07, 6.45) is 1.70. The van der Waals surface area contributed by atoms with Crippen molar-refractivity contribution in [3.8, 4) is 5.75 Å². The number of allylic oxidation sites excluding steroid dienone is 1. The number of ether oxygens (including phenoxy) is 1. The number of nitrogens with zero attached hydrogens (tertiary/aromatic N) is 3. The highest BCUT2D eigenvalue weighted by Crippen LogP contribution is 2.33. The molecule has 194 valence electrons. The van der Waals surface area contributed by atoms with Crippen LogP contribution in [0.15, 0.2) is 90.6 Å². The molecule has 0 radical (unpaired) electrons. The van der Waals surface area contributed by atoms with Crippen LogP contribution in [0.1, 0.15) is 24.3 Å². The summed E-state index contributed by atoms with van der Waals surface area (Å²) in [6, 6.07) is 17.7. The van der Waals surface area contributed by atoms with Gasteiger partial charge < -0.3 is 19.4 Å². The average Bonchev–Trinajstić information content (AvgIpc) is 3.42. The van der Waals surface area contributed by atoms with E-state index in [4.69, 9.17) is 9.15 Å². The second kappa shape index (κ2) is 10.5. The Morgan fingerprint density at radius 3 is 2.63 bits per heavy atom. The number of halogens is 1. The molecule has 0 fully saturated rings. The molecule has 1 amide bonds. The van der Waals surface area contributed by atoms with Crippen LogP contribution < -0.4 is 29.8 Å². The third kappa shape index (κ3) is 4.84. The molecule has 0 saturated heterocycles. The van der Waals surface area contributed by atoms with Crippen LogP contribution in [0, 0.1) is 0 Å². The summed E-state index contributed by atoms with van der Waals surface area (Å²) in [5.74, 6) is 1.47. The van der Waals surface area contributed by atoms with Crippen molar-refractivity contribution in [2.45, 2.75) is 13.0 Å². The Balaban J connectivity index is 1.68. The third-order valence-electron chi connectivity index (χ3n) is 6.07. The van der Waals surface area contributed by atoms with Crippen LogP contribution in [0.2, 0.25) is 0 Å². The van der Waals surface area contributed by atoms with Crippen molar-refractivity contribution in [2.75, 3.05) is 31.4 Å². The largest absolute Gasteiger partial charge is 0.497 e. The van der Waals surface area contributed by atoms with Gasteiger partial charge in [0.15, 0.2) is 4.80 Å². The SMILES string of the molecule is COc1cccc([C@H]2C(C(=O)Nc3ccccc3)=C(C)N=c3s/c(=C/c4cc(Br)c(N(C)C)o4)c(=O)n32)c1. The van der Waals surface area contributed by atoms with E-state index < -0.39 is 6.04 Å². The number of hydrogen-bond acceptors (Lipinski definition) is 7. The Bertz CT molecular complexity index is 1730. The van der Waals surface area contributed by atoms with E-state index in [0.717, 1.165) is 10.0 Å². The number of thiazole rings is 1. The molecule has 1 atom stereocenters. The molecule has 0 spiro atoms. The van der Waals surface area contributed by atoms with Crippen molar-refractivity contribution in [1.29, 1.82) is 0 Å². The highest BCUT2D eigenvalue weighted by molar-refractivity contribution is 9.10. The summed E-state index contributed by atoms with van der Waals surface area (Å²) in [4.78, 5) is 34.5. The summed E-state index contributed by atoms with van der Waals surface area (Å²) in [5.41, 5.74) is 2.05. The van der Waals surface area contributed by atoms with Crippen LogP contribution in [0.3, 0.4) is 0 Å². The zero-order chi connectivity index (χ0) is 27.0. The van der Waals surface area contributed by atoms with Crippen LogP contribution in [0.4, 0.5) is 11.6 Å². The summed E-state index contributed by atoms with van der Waals surface area (Å²) >= 11 is 4.75. The molecule has 2 aromatic heterocycles. The van der Waals surface area contributed by atoms with Gasteiger partial charge in [-0.15, -0.1) is 0 Å². The average molecular weight is 594 g/mol. The number of fused-ring (bicyclic) bond motifs is 1. The van der Waals surface area contributed by atoms with E-state index in [-0.39, 0.29) is 11.5 Å². The third-order valence-corrected chi connectivity index (χ3v) is 7.63. The van der Waals surface area contributed by atoms with Gasteiger partial charge in [-0.25, -0.2) is 4.99 Å². The number of nitrogens with one attached hydrogen (secondary N) is 1. The highest BCUT2D eigenvalue weighted by Gasteiger charge is 2.32. The second-order valence-electron chi connectivity index (χ2n) is 8.87. The lowest BCUT2D eigenvalue weighted by Gasteiger charge is -2.25. The molecule has 0 unspecified atom stereocenters. The van der Waals surface area contributed by atoms with Gasteiger partial charge >= 0.3 is 0 Å². The number of benzene rings is 2. The van der Waals surface area contributed by atoms with Crippen molar-refractivity contribution in [3.63, 3.8) is 0 Å². The first-order valence-corrected chi connectivity index (χ1v) is 13.4. The Morgan fingerprint density at radius 2 is 1.95 bits per heavy atom. The number of para-hydroxylation sites is 1. The molecule has 0 bridgehead atoms. The van der Waals surface area contributed by atoms with Crippen LogP contribution in [-0.4, -0.2) is 31.7 Å². The van der Waals surface area contributed by atoms with Gasteiger partial charge in [0.1, 0.15) is 11.5 Å². The number of methoxy groups -OCH3 is 1. The van der Waals surface area contributed by atoms with Crippen molar-refractivity contribution < 1.29 is 13.9 Å². The normalized spacial score (nSPS) is 15.2. The molecule has 38 heavy (non-hydrogen) atoms. The predicted octanol–water partition coefficient (Wildman–Crippen LogP) is 4.30. The first-order valence-electron chi connectivity index (χ1n) is 11.8. The predicted molar refractivity (Wildman–Crippen MR) is 153 cm³/mol. The molecular formula is C28H25BrN4O4S. The van der Waals surface area contributed by atoms with Crippen LogP contribution >= 0.6 is 27.3 Å². The molecule has 1 N–H and O–H groups in total. The number of furan rings is 1. The Labute approximate surface area is 231 Å². The lowest BCUT2D eigenvalue weighted by Crippen LogP contribution is -2.40. The molecule has 0 saturated carbocycles. The zero-order valence-electron chi connectivity index (χ0n) is 21.2. The van der Waals surface area contributed by atoms with Gasteiger partial charge in [-0.2, -0.15) is 0 Å². The minimum absolute atomic E-state index is 0.266. The molecule has 1 aliphatic heterocycles. The zero-order valence-corrected chi connectivity index (χ0v) is 23.6. The maximum atomic E-state index is 13.8. The lowest BCUT2D eigenvalue weighted by molar-refractivity contribution is -0.113. The van der Waals surface area contributed by atoms with Crippen molar-refractivity contribution in [2.24, 2.45) is 4.99 Å². The summed E-state index contributed by atoms with van der Waals surface area (Å²) in [7, 11) is 5.33. The van der Waals surface area contributed by atoms with Crippen molar-refractivity contribution in [3.05, 3.63) is 107 Å². The van der Waals surface area contributed by atoms with E-state index in [2.05, 4.69) is 26.2 Å². The van der Waals surface area contributed by atoms with E-state index >= 15 is 0 Å². The summed E-state index contributed by atoms with van der Waals surface area (Å²) < 4.78 is 14.2. The quantitative estimate of drug-likeness (QED) is 0.360. The monoisotopic (exact) mass is 592 g/mol. The fourth-order valence-corrected chi connectivity index (χ4v) is 6.03. The van der Waals surface area contributed by atoms with Gasteiger partial charge in [0.05, 0.1) is 33.4 Å². The molecular weight excluding hydrogens is 568 g/mol. The van der Waals surface area contributed by atoms with Crippen molar-refractivity contribution in [1.82, 2.24) is 4.57 Å². The fourth-order valence-electron chi connectivity index (χ4n) is 4.34. The molecule has 4 aromatic rings.